The molecule has 0 fully saturated rings. The Kier molecular flexibility index (Phi) is 16.2. The zero-order valence-corrected chi connectivity index (χ0v) is 10.2. The molecule has 2 nitrogen and oxygen atoms in total. The third kappa shape index (κ3) is 38.5. The van der Waals surface area contributed by atoms with E-state index in [-0.39, 0.29) is 0 Å². The molecule has 0 saturated heterocycles. The van der Waals surface area contributed by atoms with E-state index in [9.17, 15) is 0 Å². The fourth-order valence-corrected chi connectivity index (χ4v) is 1.27. The van der Waals surface area contributed by atoms with Gasteiger partial charge in [-0.3, -0.25) is 4.79 Å². The summed E-state index contributed by atoms with van der Waals surface area (Å²) < 4.78 is 1.45. The molecule has 0 aromatic carbocycles. The second kappa shape index (κ2) is 12.9. The van der Waals surface area contributed by atoms with Crippen LogP contribution < -0.4 is 0 Å². The van der Waals surface area contributed by atoms with Crippen LogP contribution in [0.3, 0.4) is 0 Å². The zero-order chi connectivity index (χ0) is 9.11. The third-order valence-electron chi connectivity index (χ3n) is 1.03. The van der Waals surface area contributed by atoms with Crippen LogP contribution >= 0.6 is 0 Å². The molecule has 0 atom stereocenters. The van der Waals surface area contributed by atoms with Crippen molar-refractivity contribution in [2.45, 2.75) is 44.0 Å². The summed E-state index contributed by atoms with van der Waals surface area (Å²) in [5.41, 5.74) is 0. The van der Waals surface area contributed by atoms with Gasteiger partial charge in [-0.1, -0.05) is 0 Å². The van der Waals surface area contributed by atoms with Crippen LogP contribution in [0.4, 0.5) is 0 Å². The molecule has 0 heterocycles. The summed E-state index contributed by atoms with van der Waals surface area (Å²) in [6.45, 7) is 3.34. The van der Waals surface area contributed by atoms with Gasteiger partial charge in [0.2, 0.25) is 0 Å². The molecule has 65 valence electrons. The summed E-state index contributed by atoms with van der Waals surface area (Å²) in [6, 6.07) is 0. The van der Waals surface area contributed by atoms with Gasteiger partial charge >= 0.3 is 59.6 Å². The van der Waals surface area contributed by atoms with E-state index in [2.05, 4.69) is 6.92 Å². The van der Waals surface area contributed by atoms with Crippen LogP contribution in [-0.2, 0) is 4.79 Å². The second-order valence-electron chi connectivity index (χ2n) is 2.33. The first-order chi connectivity index (χ1) is 5.15. The predicted molar refractivity (Wildman–Crippen MR) is 48.0 cm³/mol. The average Bonchev–Trinajstić information content (AvgIpc) is 1.88. The minimum atomic E-state index is -0.833. The summed E-state index contributed by atoms with van der Waals surface area (Å²) in [5.74, 6) is -0.833. The van der Waals surface area contributed by atoms with Crippen molar-refractivity contribution in [2.24, 2.45) is 0 Å². The van der Waals surface area contributed by atoms with Gasteiger partial charge in [0.05, 0.1) is 0 Å². The monoisotopic (exact) mass is 265 g/mol. The number of rotatable bonds is 4. The molecule has 3 heteroatoms. The van der Waals surface area contributed by atoms with E-state index < -0.39 is 5.97 Å². The van der Waals surface area contributed by atoms with Gasteiger partial charge in [-0.05, 0) is 0 Å². The Balaban J connectivity index is 0. The number of carboxylic acid groups (broad SMARTS) is 1. The maximum absolute atomic E-state index is 9.00. The Morgan fingerprint density at radius 2 is 1.82 bits per heavy atom. The van der Waals surface area contributed by atoms with Crippen molar-refractivity contribution >= 4 is 28.5 Å². The van der Waals surface area contributed by atoms with E-state index in [0.29, 0.717) is 0 Å². The van der Waals surface area contributed by atoms with E-state index in [1.165, 1.54) is 30.1 Å². The molecular weight excluding hydrogens is 247 g/mol. The van der Waals surface area contributed by atoms with Crippen molar-refractivity contribution in [3.8, 4) is 0 Å². The Labute approximate surface area is 82.5 Å². The van der Waals surface area contributed by atoms with Gasteiger partial charge in [0, 0.05) is 6.92 Å². The summed E-state index contributed by atoms with van der Waals surface area (Å²) in [4.78, 5) is 9.00. The van der Waals surface area contributed by atoms with E-state index in [0.717, 1.165) is 6.92 Å². The predicted octanol–water partition coefficient (Wildman–Crippen LogP) is 2.24. The van der Waals surface area contributed by atoms with Crippen molar-refractivity contribution in [1.82, 2.24) is 0 Å². The fourth-order valence-electron chi connectivity index (χ4n) is 0.552. The molecule has 0 aromatic rings. The van der Waals surface area contributed by atoms with Crippen LogP contribution in [0, 0.1) is 0 Å². The standard InChI is InChI=1S/C6H13.C2H4O2.Sn/c1-3-5-6-4-2;1-2(3)4;/h1,3-6H2,2H3;1H3,(H,3,4);. The molecule has 0 aromatic heterocycles. The zero-order valence-electron chi connectivity index (χ0n) is 7.39. The van der Waals surface area contributed by atoms with Crippen LogP contribution in [0.2, 0.25) is 4.44 Å². The summed E-state index contributed by atoms with van der Waals surface area (Å²) in [7, 11) is 0. The quantitative estimate of drug-likeness (QED) is 0.624. The topological polar surface area (TPSA) is 37.3 Å². The SMILES string of the molecule is CC(=O)O.CCCCC[CH2][Sn]. The molecule has 11 heavy (non-hydrogen) atoms. The molecule has 0 spiro atoms. The normalized spacial score (nSPS) is 8.27. The molecule has 0 aliphatic carbocycles. The fraction of sp³-hybridized carbons (Fsp3) is 0.875. The molecule has 0 aliphatic heterocycles. The van der Waals surface area contributed by atoms with Gasteiger partial charge in [-0.25, -0.2) is 0 Å². The number of hydrogen-bond donors (Lipinski definition) is 1. The summed E-state index contributed by atoms with van der Waals surface area (Å²) in [5, 5.41) is 7.42. The third-order valence-corrected chi connectivity index (χ3v) is 2.04. The van der Waals surface area contributed by atoms with E-state index >= 15 is 0 Å². The number of carbonyl (C=O) groups is 1. The van der Waals surface area contributed by atoms with Crippen LogP contribution in [0.25, 0.3) is 0 Å². The first-order valence-corrected chi connectivity index (χ1v) is 6.01. The second-order valence-corrected chi connectivity index (χ2v) is 3.76. The van der Waals surface area contributed by atoms with E-state index in [1.54, 1.807) is 22.5 Å². The van der Waals surface area contributed by atoms with Gasteiger partial charge in [-0.15, -0.1) is 0 Å². The van der Waals surface area contributed by atoms with E-state index in [4.69, 9.17) is 9.90 Å². The maximum atomic E-state index is 9.00. The van der Waals surface area contributed by atoms with Crippen molar-refractivity contribution in [3.63, 3.8) is 0 Å². The van der Waals surface area contributed by atoms with Gasteiger partial charge in [-0.2, -0.15) is 0 Å². The molecule has 3 radical (unpaired) electrons. The summed E-state index contributed by atoms with van der Waals surface area (Å²) in [6.07, 6.45) is 5.73. The number of hydrogen-bond acceptors (Lipinski definition) is 1. The molecule has 0 saturated carbocycles. The Morgan fingerprint density at radius 1 is 1.36 bits per heavy atom. The van der Waals surface area contributed by atoms with E-state index in [1.807, 2.05) is 0 Å². The van der Waals surface area contributed by atoms with Crippen molar-refractivity contribution < 1.29 is 9.90 Å². The van der Waals surface area contributed by atoms with Crippen LogP contribution in [0.5, 0.6) is 0 Å². The number of aliphatic carboxylic acids is 1. The number of unbranched alkanes of at least 4 members (excludes halogenated alkanes) is 3. The van der Waals surface area contributed by atoms with Gasteiger partial charge in [0.25, 0.3) is 5.97 Å². The van der Waals surface area contributed by atoms with Gasteiger partial charge in [0.1, 0.15) is 0 Å². The van der Waals surface area contributed by atoms with Crippen LogP contribution in [-0.4, -0.2) is 33.6 Å². The molecule has 0 amide bonds. The van der Waals surface area contributed by atoms with Crippen molar-refractivity contribution in [1.29, 1.82) is 0 Å². The Bertz CT molecular complexity index is 76.2. The molecule has 0 rings (SSSR count). The molecule has 0 unspecified atom stereocenters. The van der Waals surface area contributed by atoms with Crippen molar-refractivity contribution in [3.05, 3.63) is 0 Å². The average molecular weight is 264 g/mol. The Hall–Kier alpha value is 0.269. The molecule has 0 bridgehead atoms. The van der Waals surface area contributed by atoms with Crippen molar-refractivity contribution in [2.75, 3.05) is 0 Å². The first-order valence-electron chi connectivity index (χ1n) is 3.99. The minimum absolute atomic E-state index is 0.833. The van der Waals surface area contributed by atoms with Crippen LogP contribution in [0.15, 0.2) is 0 Å². The van der Waals surface area contributed by atoms with Gasteiger partial charge < -0.3 is 5.11 Å². The summed E-state index contributed by atoms with van der Waals surface area (Å²) >= 11 is 1.70. The molecule has 1 N–H and O–H groups in total. The van der Waals surface area contributed by atoms with Gasteiger partial charge in [0.15, 0.2) is 0 Å². The molecule has 0 aliphatic rings. The number of carboxylic acids is 1. The molecular formula is C8H17O2Sn. The van der Waals surface area contributed by atoms with Crippen LogP contribution in [0.1, 0.15) is 39.5 Å². The first kappa shape index (κ1) is 13.8. The Morgan fingerprint density at radius 3 is 2.09 bits per heavy atom.